The summed E-state index contributed by atoms with van der Waals surface area (Å²) in [6.07, 6.45) is 4.54. The second-order valence-corrected chi connectivity index (χ2v) is 14.8. The summed E-state index contributed by atoms with van der Waals surface area (Å²) >= 11 is 0. The monoisotopic (exact) mass is 459 g/mol. The minimum Gasteiger partial charge on any atom is -0.344 e. The maximum absolute atomic E-state index is 7.41. The molecule has 3 aliphatic heterocycles. The van der Waals surface area contributed by atoms with Crippen LogP contribution in [0.25, 0.3) is 32.9 Å². The van der Waals surface area contributed by atoms with Crippen LogP contribution in [-0.4, -0.2) is 8.24 Å². The van der Waals surface area contributed by atoms with Gasteiger partial charge in [0, 0.05) is 28.1 Å². The smallest absolute Gasteiger partial charge is 0.294 e. The molecule has 164 valence electrons. The zero-order valence-electron chi connectivity index (χ0n) is 19.9. The van der Waals surface area contributed by atoms with Crippen molar-refractivity contribution in [3.8, 4) is 11.3 Å². The number of pyridine rings is 2. The molecule has 0 aliphatic carbocycles. The largest absolute Gasteiger partial charge is 0.344 e. The summed E-state index contributed by atoms with van der Waals surface area (Å²) in [5, 5.41) is 14.0. The highest BCUT2D eigenvalue weighted by atomic mass is 28.3. The molecular formula is C29H27N4Si+3. The summed E-state index contributed by atoms with van der Waals surface area (Å²) in [5.74, 6) is 0. The van der Waals surface area contributed by atoms with Gasteiger partial charge in [-0.2, -0.15) is 0 Å². The van der Waals surface area contributed by atoms with Crippen molar-refractivity contribution >= 4 is 51.7 Å². The lowest BCUT2D eigenvalue weighted by Crippen LogP contribution is -2.86. The number of hydrogen-bond donors (Lipinski definition) is 1. The average Bonchev–Trinajstić information content (AvgIpc) is 3.30. The predicted octanol–water partition coefficient (Wildman–Crippen LogP) is 3.69. The third-order valence-corrected chi connectivity index (χ3v) is 11.4. The molecule has 2 N–H and O–H groups in total. The first-order valence-electron chi connectivity index (χ1n) is 12.1. The van der Waals surface area contributed by atoms with Crippen molar-refractivity contribution in [2.24, 2.45) is 5.40 Å². The molecule has 0 bridgehead atoms. The Morgan fingerprint density at radius 2 is 1.47 bits per heavy atom. The van der Waals surface area contributed by atoms with Gasteiger partial charge in [0.15, 0.2) is 12.9 Å². The third-order valence-electron chi connectivity index (χ3n) is 8.33. The highest BCUT2D eigenvalue weighted by Crippen LogP contribution is 2.52. The van der Waals surface area contributed by atoms with E-state index in [1.165, 1.54) is 60.2 Å². The van der Waals surface area contributed by atoms with Crippen LogP contribution in [0.5, 0.6) is 0 Å². The molecule has 2 atom stereocenters. The number of aromatic nitrogens is 2. The van der Waals surface area contributed by atoms with Crippen molar-refractivity contribution in [3.63, 3.8) is 0 Å². The Hall–Kier alpha value is -3.38. The van der Waals surface area contributed by atoms with E-state index in [1.807, 2.05) is 0 Å². The Kier molecular flexibility index (Phi) is 3.05. The van der Waals surface area contributed by atoms with Crippen molar-refractivity contribution < 1.29 is 9.35 Å². The van der Waals surface area contributed by atoms with E-state index < -0.39 is 8.24 Å². The number of nitrogens with zero attached hydrogens (tertiary/aromatic N) is 3. The summed E-state index contributed by atoms with van der Waals surface area (Å²) in [6.45, 7) is 9.26. The number of rotatable bonds is 0. The van der Waals surface area contributed by atoms with E-state index in [0.717, 1.165) is 0 Å². The summed E-state index contributed by atoms with van der Waals surface area (Å²) in [7, 11) is -2.43. The van der Waals surface area contributed by atoms with Gasteiger partial charge in [-0.1, -0.05) is 51.1 Å². The van der Waals surface area contributed by atoms with Crippen LogP contribution in [0.1, 0.15) is 26.3 Å². The third kappa shape index (κ3) is 1.78. The number of benzene rings is 3. The Morgan fingerprint density at radius 1 is 0.765 bits per heavy atom. The van der Waals surface area contributed by atoms with Gasteiger partial charge in [0.2, 0.25) is 12.4 Å². The minimum absolute atomic E-state index is 0.00946. The van der Waals surface area contributed by atoms with E-state index in [-0.39, 0.29) is 5.41 Å². The number of para-hydroxylation sites is 1. The molecule has 3 aliphatic rings. The highest BCUT2D eigenvalue weighted by molar-refractivity contribution is 7.01. The van der Waals surface area contributed by atoms with Crippen LogP contribution in [0, 0.1) is 0 Å². The highest BCUT2D eigenvalue weighted by Gasteiger charge is 2.73. The van der Waals surface area contributed by atoms with E-state index in [0.29, 0.717) is 4.70 Å². The molecule has 34 heavy (non-hydrogen) atoms. The first-order valence-corrected chi connectivity index (χ1v) is 14.7. The van der Waals surface area contributed by atoms with Gasteiger partial charge in [0.1, 0.15) is 10.9 Å². The molecule has 0 amide bonds. The van der Waals surface area contributed by atoms with Crippen LogP contribution in [0.15, 0.2) is 79.1 Å². The maximum Gasteiger partial charge on any atom is 0.294 e. The Morgan fingerprint density at radius 3 is 2.29 bits per heavy atom. The second kappa shape index (κ2) is 5.47. The van der Waals surface area contributed by atoms with Crippen molar-refractivity contribution in [1.29, 1.82) is 0 Å². The molecule has 0 fully saturated rings. The standard InChI is InChI=1S/C29H27N4Si/c1-29(2,3)21-10-7-17-32-26(21)20-9-5-11-22-27(20)33(32)28-23(34(22,4)30)15-14-18-12-13-19-8-6-16-31(33)25(19)24(18)28/h5-17H,30H2,1-4H3/q+3. The summed E-state index contributed by atoms with van der Waals surface area (Å²) in [5.41, 5.74) is 7.97. The van der Waals surface area contributed by atoms with E-state index in [1.54, 1.807) is 0 Å². The summed E-state index contributed by atoms with van der Waals surface area (Å²) < 4.78 is 5.54. The van der Waals surface area contributed by atoms with Crippen LogP contribution in [0.4, 0.5) is 11.4 Å². The van der Waals surface area contributed by atoms with Crippen molar-refractivity contribution in [3.05, 3.63) is 84.7 Å². The van der Waals surface area contributed by atoms with E-state index in [4.69, 9.17) is 5.40 Å². The van der Waals surface area contributed by atoms with Gasteiger partial charge in [-0.05, 0) is 41.6 Å². The molecule has 8 rings (SSSR count). The fourth-order valence-electron chi connectivity index (χ4n) is 6.96. The van der Waals surface area contributed by atoms with Crippen LogP contribution in [0.2, 0.25) is 6.55 Å². The predicted molar refractivity (Wildman–Crippen MR) is 140 cm³/mol. The lowest BCUT2D eigenvalue weighted by Gasteiger charge is -2.32. The molecule has 1 spiro atoms. The Balaban J connectivity index is 1.72. The maximum atomic E-state index is 7.41. The lowest BCUT2D eigenvalue weighted by molar-refractivity contribution is -1.02. The molecule has 3 aromatic carbocycles. The van der Waals surface area contributed by atoms with Gasteiger partial charge < -0.3 is 5.40 Å². The fourth-order valence-corrected chi connectivity index (χ4v) is 9.68. The van der Waals surface area contributed by atoms with Gasteiger partial charge in [-0.25, -0.2) is 0 Å². The Labute approximate surface area is 199 Å². The molecule has 0 radical (unpaired) electrons. The van der Waals surface area contributed by atoms with Gasteiger partial charge in [-0.3, -0.25) is 0 Å². The first-order chi connectivity index (χ1) is 16.3. The van der Waals surface area contributed by atoms with Gasteiger partial charge >= 0.3 is 0 Å². The average molecular weight is 460 g/mol. The quantitative estimate of drug-likeness (QED) is 0.160. The van der Waals surface area contributed by atoms with Gasteiger partial charge in [0.25, 0.3) is 22.6 Å². The van der Waals surface area contributed by atoms with Crippen LogP contribution in [-0.2, 0) is 5.41 Å². The summed E-state index contributed by atoms with van der Waals surface area (Å²) in [6, 6.07) is 24.9. The summed E-state index contributed by atoms with van der Waals surface area (Å²) in [4.78, 5) is 0. The minimum atomic E-state index is -2.43. The van der Waals surface area contributed by atoms with Crippen molar-refractivity contribution in [1.82, 2.24) is 4.70 Å². The normalized spacial score (nSPS) is 23.1. The number of fused-ring (bicyclic) bond motifs is 2. The van der Waals surface area contributed by atoms with E-state index in [2.05, 4.69) is 116 Å². The zero-order valence-corrected chi connectivity index (χ0v) is 20.9. The van der Waals surface area contributed by atoms with Crippen LogP contribution >= 0.6 is 0 Å². The first kappa shape index (κ1) is 19.0. The van der Waals surface area contributed by atoms with Crippen LogP contribution in [0.3, 0.4) is 0 Å². The number of quaternary nitrogens is 1. The van der Waals surface area contributed by atoms with Crippen molar-refractivity contribution in [2.45, 2.75) is 32.7 Å². The second-order valence-electron chi connectivity index (χ2n) is 11.3. The molecule has 2 aromatic heterocycles. The van der Waals surface area contributed by atoms with Crippen molar-refractivity contribution in [2.75, 3.05) is 0 Å². The molecule has 4 nitrogen and oxygen atoms in total. The molecule has 0 saturated carbocycles. The van der Waals surface area contributed by atoms with Gasteiger partial charge in [0.05, 0.1) is 14.7 Å². The topological polar surface area (TPSA) is 33.8 Å². The number of nitrogens with two attached hydrogens (primary N) is 1. The molecule has 5 aromatic rings. The van der Waals surface area contributed by atoms with E-state index >= 15 is 0 Å². The zero-order chi connectivity index (χ0) is 23.2. The molecule has 0 saturated heterocycles. The molecule has 2 unspecified atom stereocenters. The molecule has 5 heterocycles. The SMILES string of the molecule is CC(C)(C)c1ccc[n+]2c1-c1cccc3c1[N+]21c2c(ccc4ccc5ccc[n+]1c5c24)[Si]3(C)N. The fraction of sp³-hybridized carbons (Fsp3) is 0.172. The molecular weight excluding hydrogens is 432 g/mol. The lowest BCUT2D eigenvalue weighted by atomic mass is 9.84. The van der Waals surface area contributed by atoms with Crippen LogP contribution < -0.4 is 29.8 Å². The Bertz CT molecular complexity index is 1780. The molecule has 5 heteroatoms. The van der Waals surface area contributed by atoms with Gasteiger partial charge in [-0.15, -0.1) is 0 Å². The number of hydrogen-bond acceptors (Lipinski definition) is 1. The van der Waals surface area contributed by atoms with E-state index in [9.17, 15) is 0 Å².